The fourth-order valence-electron chi connectivity index (χ4n) is 2.99. The maximum atomic E-state index is 12.9. The Kier molecular flexibility index (Phi) is 7.29. The lowest BCUT2D eigenvalue weighted by molar-refractivity contribution is -0.144. The molecule has 2 aromatic carbocycles. The maximum Gasteiger partial charge on any atom is 0.314 e. The molecule has 0 aliphatic rings. The lowest BCUT2D eigenvalue weighted by Gasteiger charge is -2.30. The highest BCUT2D eigenvalue weighted by Gasteiger charge is 2.42. The average molecular weight is 482 g/mol. The molecule has 0 fully saturated rings. The summed E-state index contributed by atoms with van der Waals surface area (Å²) in [5, 5.41) is 10.9. The number of halogens is 2. The summed E-state index contributed by atoms with van der Waals surface area (Å²) in [7, 11) is 0. The zero-order chi connectivity index (χ0) is 19.2. The molecule has 0 bridgehead atoms. The zero-order valence-corrected chi connectivity index (χ0v) is 17.1. The molecule has 4 nitrogen and oxygen atoms in total. The van der Waals surface area contributed by atoms with Crippen LogP contribution < -0.4 is 0 Å². The Morgan fingerprint density at radius 2 is 1.35 bits per heavy atom. The normalized spacial score (nSPS) is 11.2. The molecule has 0 aliphatic carbocycles. The zero-order valence-electron chi connectivity index (χ0n) is 14.0. The molecule has 0 heterocycles. The van der Waals surface area contributed by atoms with E-state index >= 15 is 0 Å². The molecular weight excluding hydrogens is 464 g/mol. The lowest BCUT2D eigenvalue weighted by Crippen LogP contribution is -2.39. The second kappa shape index (κ2) is 9.24. The van der Waals surface area contributed by atoms with Crippen LogP contribution in [0.5, 0.6) is 0 Å². The van der Waals surface area contributed by atoms with E-state index in [9.17, 15) is 19.5 Å². The third-order valence-corrected chi connectivity index (χ3v) is 5.17. The van der Waals surface area contributed by atoms with E-state index in [1.807, 2.05) is 0 Å². The molecule has 0 atom stereocenters. The van der Waals surface area contributed by atoms with Gasteiger partial charge in [-0.1, -0.05) is 86.5 Å². The molecule has 2 aromatic rings. The molecule has 0 unspecified atom stereocenters. The first-order chi connectivity index (χ1) is 12.5. The van der Waals surface area contributed by atoms with Crippen molar-refractivity contribution in [2.24, 2.45) is 0 Å². The summed E-state index contributed by atoms with van der Waals surface area (Å²) < 4.78 is 0. The standard InChI is InChI=1S/C20H18Br2O4/c21-12-10-20(11-13-22,19(25)26)16-9-5-4-8-15(16)18(24)17(23)14-6-2-1-3-7-14/h1-9H,10-13H2,(H,25,26). The van der Waals surface area contributed by atoms with Crippen LogP contribution in [0.2, 0.25) is 0 Å². The van der Waals surface area contributed by atoms with E-state index < -0.39 is 23.0 Å². The number of aliphatic carboxylic acids is 1. The molecular formula is C20H18Br2O4. The van der Waals surface area contributed by atoms with E-state index in [1.165, 1.54) is 6.07 Å². The Labute approximate surface area is 168 Å². The fraction of sp³-hybridized carbons (Fsp3) is 0.250. The van der Waals surface area contributed by atoms with Gasteiger partial charge in [0.1, 0.15) is 0 Å². The van der Waals surface area contributed by atoms with Crippen molar-refractivity contribution in [1.82, 2.24) is 0 Å². The monoisotopic (exact) mass is 480 g/mol. The van der Waals surface area contributed by atoms with Gasteiger partial charge in [0.2, 0.25) is 11.6 Å². The molecule has 2 rings (SSSR count). The van der Waals surface area contributed by atoms with Crippen LogP contribution in [0.4, 0.5) is 0 Å². The van der Waals surface area contributed by atoms with Crippen molar-refractivity contribution in [1.29, 1.82) is 0 Å². The number of carbonyl (C=O) groups is 3. The summed E-state index contributed by atoms with van der Waals surface area (Å²) in [6, 6.07) is 14.8. The summed E-state index contributed by atoms with van der Waals surface area (Å²) >= 11 is 6.64. The first-order valence-corrected chi connectivity index (χ1v) is 10.3. The Hall–Kier alpha value is -1.79. The Balaban J connectivity index is 2.57. The first kappa shape index (κ1) is 20.5. The van der Waals surface area contributed by atoms with Gasteiger partial charge in [-0.15, -0.1) is 0 Å². The predicted molar refractivity (Wildman–Crippen MR) is 108 cm³/mol. The summed E-state index contributed by atoms with van der Waals surface area (Å²) in [4.78, 5) is 37.7. The van der Waals surface area contributed by atoms with Crippen LogP contribution in [0.3, 0.4) is 0 Å². The minimum Gasteiger partial charge on any atom is -0.481 e. The SMILES string of the molecule is O=C(C(=O)c1ccccc1C(CCBr)(CCBr)C(=O)O)c1ccccc1. The van der Waals surface area contributed by atoms with Crippen molar-refractivity contribution in [2.75, 3.05) is 10.7 Å². The highest BCUT2D eigenvalue weighted by Crippen LogP contribution is 2.36. The highest BCUT2D eigenvalue weighted by atomic mass is 79.9. The topological polar surface area (TPSA) is 71.4 Å². The van der Waals surface area contributed by atoms with Crippen LogP contribution in [0.1, 0.15) is 39.1 Å². The molecule has 0 amide bonds. The van der Waals surface area contributed by atoms with Crippen molar-refractivity contribution in [3.63, 3.8) is 0 Å². The van der Waals surface area contributed by atoms with Crippen molar-refractivity contribution >= 4 is 49.4 Å². The lowest BCUT2D eigenvalue weighted by atomic mass is 9.73. The molecule has 0 saturated carbocycles. The van der Waals surface area contributed by atoms with Crippen LogP contribution >= 0.6 is 31.9 Å². The van der Waals surface area contributed by atoms with Gasteiger partial charge in [-0.25, -0.2) is 0 Å². The second-order valence-electron chi connectivity index (χ2n) is 5.84. The number of carbonyl (C=O) groups excluding carboxylic acids is 2. The second-order valence-corrected chi connectivity index (χ2v) is 7.42. The van der Waals surface area contributed by atoms with Crippen molar-refractivity contribution in [2.45, 2.75) is 18.3 Å². The van der Waals surface area contributed by atoms with Gasteiger partial charge in [0.15, 0.2) is 0 Å². The van der Waals surface area contributed by atoms with Gasteiger partial charge in [0, 0.05) is 21.8 Å². The molecule has 0 aliphatic heterocycles. The number of rotatable bonds is 9. The number of alkyl halides is 2. The van der Waals surface area contributed by atoms with Gasteiger partial charge in [-0.3, -0.25) is 14.4 Å². The smallest absolute Gasteiger partial charge is 0.314 e. The molecule has 26 heavy (non-hydrogen) atoms. The van der Waals surface area contributed by atoms with Crippen LogP contribution in [-0.2, 0) is 10.2 Å². The number of hydrogen-bond acceptors (Lipinski definition) is 3. The highest BCUT2D eigenvalue weighted by molar-refractivity contribution is 9.09. The molecule has 0 spiro atoms. The van der Waals surface area contributed by atoms with Gasteiger partial charge in [0.25, 0.3) is 0 Å². The quantitative estimate of drug-likeness (QED) is 0.321. The Morgan fingerprint density at radius 1 is 0.808 bits per heavy atom. The maximum absolute atomic E-state index is 12.9. The first-order valence-electron chi connectivity index (χ1n) is 8.07. The van der Waals surface area contributed by atoms with Crippen molar-refractivity contribution in [3.05, 3.63) is 71.3 Å². The number of Topliss-reactive ketones (excluding diaryl/α,β-unsaturated/α-hetero) is 2. The van der Waals surface area contributed by atoms with Crippen molar-refractivity contribution in [3.8, 4) is 0 Å². The van der Waals surface area contributed by atoms with Crippen LogP contribution in [0.15, 0.2) is 54.6 Å². The van der Waals surface area contributed by atoms with Crippen molar-refractivity contribution < 1.29 is 19.5 Å². The number of benzene rings is 2. The minimum atomic E-state index is -1.25. The van der Waals surface area contributed by atoms with Crippen LogP contribution in [-0.4, -0.2) is 33.3 Å². The molecule has 1 N–H and O–H groups in total. The number of carboxylic acids is 1. The van der Waals surface area contributed by atoms with E-state index in [0.717, 1.165) is 0 Å². The minimum absolute atomic E-state index is 0.144. The van der Waals surface area contributed by atoms with Gasteiger partial charge in [0.05, 0.1) is 5.41 Å². The molecule has 6 heteroatoms. The molecule has 0 radical (unpaired) electrons. The summed E-state index contributed by atoms with van der Waals surface area (Å²) in [6.45, 7) is 0. The predicted octanol–water partition coefficient (Wildman–Crippen LogP) is 4.64. The fourth-order valence-corrected chi connectivity index (χ4v) is 4.34. The van der Waals surface area contributed by atoms with E-state index in [2.05, 4.69) is 31.9 Å². The third kappa shape index (κ3) is 4.13. The Morgan fingerprint density at radius 3 is 1.88 bits per heavy atom. The van der Waals surface area contributed by atoms with Crippen LogP contribution in [0, 0.1) is 0 Å². The van der Waals surface area contributed by atoms with E-state index in [1.54, 1.807) is 48.5 Å². The largest absolute Gasteiger partial charge is 0.481 e. The van der Waals surface area contributed by atoms with E-state index in [-0.39, 0.29) is 11.1 Å². The van der Waals surface area contributed by atoms with Crippen LogP contribution in [0.25, 0.3) is 0 Å². The summed E-state index contributed by atoms with van der Waals surface area (Å²) in [5.41, 5.74) is -0.448. The Bertz CT molecular complexity index is 796. The van der Waals surface area contributed by atoms with E-state index in [0.29, 0.717) is 29.1 Å². The van der Waals surface area contributed by atoms with E-state index in [4.69, 9.17) is 0 Å². The van der Waals surface area contributed by atoms with Gasteiger partial charge in [-0.05, 0) is 18.4 Å². The van der Waals surface area contributed by atoms with Gasteiger partial charge < -0.3 is 5.11 Å². The van der Waals surface area contributed by atoms with Gasteiger partial charge in [-0.2, -0.15) is 0 Å². The number of hydrogen-bond donors (Lipinski definition) is 1. The van der Waals surface area contributed by atoms with Gasteiger partial charge >= 0.3 is 5.97 Å². The number of ketones is 2. The molecule has 0 aromatic heterocycles. The summed E-state index contributed by atoms with van der Waals surface area (Å²) in [6.07, 6.45) is 0.607. The average Bonchev–Trinajstić information content (AvgIpc) is 2.67. The number of carboxylic acid groups (broad SMARTS) is 1. The summed E-state index contributed by atoms with van der Waals surface area (Å²) in [5.74, 6) is -2.35. The molecule has 136 valence electrons. The third-order valence-electron chi connectivity index (χ3n) is 4.38. The molecule has 0 saturated heterocycles.